The van der Waals surface area contributed by atoms with E-state index in [-0.39, 0.29) is 5.60 Å². The molecule has 0 bridgehead atoms. The summed E-state index contributed by atoms with van der Waals surface area (Å²) in [5.74, 6) is 5.48. The lowest BCUT2D eigenvalue weighted by atomic mass is 9.44. The highest BCUT2D eigenvalue weighted by Gasteiger charge is 2.76. The van der Waals surface area contributed by atoms with Crippen molar-refractivity contribution < 1.29 is 9.47 Å². The Labute approximate surface area is 186 Å². The zero-order valence-electron chi connectivity index (χ0n) is 20.7. The van der Waals surface area contributed by atoms with Gasteiger partial charge >= 0.3 is 0 Å². The Morgan fingerprint density at radius 2 is 1.77 bits per heavy atom. The number of rotatable bonds is 6. The fourth-order valence-corrected chi connectivity index (χ4v) is 9.87. The van der Waals surface area contributed by atoms with E-state index in [0.29, 0.717) is 23.0 Å². The minimum atomic E-state index is 0.170. The molecule has 2 nitrogen and oxygen atoms in total. The summed E-state index contributed by atoms with van der Waals surface area (Å²) >= 11 is 0. The molecule has 1 unspecified atom stereocenters. The third kappa shape index (κ3) is 3.01. The molecule has 1 spiro atoms. The van der Waals surface area contributed by atoms with Crippen LogP contribution in [0.25, 0.3) is 0 Å². The van der Waals surface area contributed by atoms with E-state index in [1.54, 1.807) is 0 Å². The van der Waals surface area contributed by atoms with Gasteiger partial charge in [0.15, 0.2) is 0 Å². The first kappa shape index (κ1) is 21.7. The first-order valence-electron chi connectivity index (χ1n) is 13.5. The van der Waals surface area contributed by atoms with Crippen molar-refractivity contribution in [2.45, 2.75) is 123 Å². The summed E-state index contributed by atoms with van der Waals surface area (Å²) < 4.78 is 12.5. The van der Waals surface area contributed by atoms with Gasteiger partial charge in [-0.3, -0.25) is 0 Å². The molecule has 10 atom stereocenters. The van der Waals surface area contributed by atoms with Crippen molar-refractivity contribution in [1.29, 1.82) is 0 Å². The van der Waals surface area contributed by atoms with Crippen LogP contribution in [-0.2, 0) is 9.47 Å². The normalized spacial score (nSPS) is 52.9. The highest BCUT2D eigenvalue weighted by Crippen LogP contribution is 2.74. The maximum absolute atomic E-state index is 6.65. The second-order valence-corrected chi connectivity index (χ2v) is 13.2. The molecule has 0 aromatic rings. The highest BCUT2D eigenvalue weighted by molar-refractivity contribution is 5.24. The Balaban J connectivity index is 1.32. The molecule has 1 heterocycles. The third-order valence-electron chi connectivity index (χ3n) is 11.6. The number of hydrogen-bond donors (Lipinski definition) is 0. The summed E-state index contributed by atoms with van der Waals surface area (Å²) in [6, 6.07) is 0. The maximum Gasteiger partial charge on any atom is 0.103 e. The molecule has 1 aliphatic heterocycles. The molecule has 5 fully saturated rings. The molecule has 172 valence electrons. The summed E-state index contributed by atoms with van der Waals surface area (Å²) in [4.78, 5) is 0. The van der Waals surface area contributed by atoms with Gasteiger partial charge < -0.3 is 9.47 Å². The van der Waals surface area contributed by atoms with Gasteiger partial charge in [0.2, 0.25) is 0 Å². The van der Waals surface area contributed by atoms with Crippen LogP contribution >= 0.6 is 0 Å². The largest absolute Gasteiger partial charge is 0.381 e. The molecule has 30 heavy (non-hydrogen) atoms. The summed E-state index contributed by atoms with van der Waals surface area (Å²) in [5.41, 5.74) is 1.16. The third-order valence-corrected chi connectivity index (χ3v) is 11.6. The molecule has 0 radical (unpaired) electrons. The Hall–Kier alpha value is -0.0800. The molecular formula is C28H48O2. The van der Waals surface area contributed by atoms with Crippen LogP contribution in [0.3, 0.4) is 0 Å². The Morgan fingerprint density at radius 1 is 0.967 bits per heavy atom. The van der Waals surface area contributed by atoms with Gasteiger partial charge in [0.05, 0.1) is 12.2 Å². The van der Waals surface area contributed by atoms with Gasteiger partial charge in [0.25, 0.3) is 0 Å². The van der Waals surface area contributed by atoms with E-state index < -0.39 is 0 Å². The van der Waals surface area contributed by atoms with Gasteiger partial charge in [0.1, 0.15) is 5.60 Å². The standard InChI is InChI=1S/C28H48O2/c1-18(2)8-7-9-19(3)22-10-11-23-21-16-25-28(30-25)17-20(29-6)12-15-27(28,5)24(21)13-14-26(22,23)4/h18-25H,7-17H2,1-6H3/t19-,20+,21+,22-,23+,24+,25+,26-,27-,28?/m1/s1. The Bertz CT molecular complexity index is 645. The highest BCUT2D eigenvalue weighted by atomic mass is 16.6. The van der Waals surface area contributed by atoms with E-state index >= 15 is 0 Å². The minimum Gasteiger partial charge on any atom is -0.381 e. The second-order valence-electron chi connectivity index (χ2n) is 13.2. The van der Waals surface area contributed by atoms with Crippen molar-refractivity contribution in [3.8, 4) is 0 Å². The predicted molar refractivity (Wildman–Crippen MR) is 123 cm³/mol. The molecule has 0 aromatic carbocycles. The first-order valence-corrected chi connectivity index (χ1v) is 13.5. The molecule has 5 aliphatic rings. The van der Waals surface area contributed by atoms with Gasteiger partial charge in [-0.25, -0.2) is 0 Å². The van der Waals surface area contributed by atoms with Crippen LogP contribution in [0.5, 0.6) is 0 Å². The van der Waals surface area contributed by atoms with Gasteiger partial charge in [0, 0.05) is 18.9 Å². The van der Waals surface area contributed by atoms with Crippen molar-refractivity contribution >= 4 is 0 Å². The summed E-state index contributed by atoms with van der Waals surface area (Å²) in [6.07, 6.45) is 16.2. The summed E-state index contributed by atoms with van der Waals surface area (Å²) in [6.45, 7) is 12.7. The minimum absolute atomic E-state index is 0.170. The van der Waals surface area contributed by atoms with Crippen LogP contribution in [0.1, 0.15) is 105 Å². The van der Waals surface area contributed by atoms with Crippen LogP contribution in [0.4, 0.5) is 0 Å². The number of methoxy groups -OCH3 is 1. The van der Waals surface area contributed by atoms with Crippen molar-refractivity contribution in [3.05, 3.63) is 0 Å². The smallest absolute Gasteiger partial charge is 0.103 e. The SMILES string of the molecule is CO[C@H]1CC[C@]2(C)[C@H]3CC[C@]4(C)[C@@H]([C@H](C)CCCC(C)C)CC[C@H]4[C@@H]3C[C@@H]3OC32C1. The zero-order chi connectivity index (χ0) is 21.3. The lowest BCUT2D eigenvalue weighted by Gasteiger charge is -2.59. The molecule has 0 aromatic heterocycles. The lowest BCUT2D eigenvalue weighted by molar-refractivity contribution is -0.121. The van der Waals surface area contributed by atoms with E-state index in [0.717, 1.165) is 41.9 Å². The molecule has 4 saturated carbocycles. The van der Waals surface area contributed by atoms with E-state index in [4.69, 9.17) is 9.47 Å². The monoisotopic (exact) mass is 416 g/mol. The van der Waals surface area contributed by atoms with Crippen LogP contribution < -0.4 is 0 Å². The maximum atomic E-state index is 6.65. The Kier molecular flexibility index (Phi) is 5.42. The number of fused-ring (bicyclic) bond motifs is 4. The summed E-state index contributed by atoms with van der Waals surface area (Å²) in [7, 11) is 1.90. The van der Waals surface area contributed by atoms with Gasteiger partial charge in [-0.05, 0) is 85.9 Å². The average Bonchev–Trinajstić information content (AvgIpc) is 3.28. The van der Waals surface area contributed by atoms with Gasteiger partial charge in [-0.1, -0.05) is 53.9 Å². The topological polar surface area (TPSA) is 21.8 Å². The zero-order valence-corrected chi connectivity index (χ0v) is 20.7. The Morgan fingerprint density at radius 3 is 2.50 bits per heavy atom. The van der Waals surface area contributed by atoms with Crippen molar-refractivity contribution in [2.24, 2.45) is 46.3 Å². The molecule has 2 heteroatoms. The average molecular weight is 417 g/mol. The van der Waals surface area contributed by atoms with Crippen molar-refractivity contribution in [2.75, 3.05) is 7.11 Å². The van der Waals surface area contributed by atoms with Gasteiger partial charge in [-0.2, -0.15) is 0 Å². The molecule has 0 N–H and O–H groups in total. The molecule has 4 aliphatic carbocycles. The van der Waals surface area contributed by atoms with Crippen LogP contribution in [0, 0.1) is 46.3 Å². The summed E-state index contributed by atoms with van der Waals surface area (Å²) in [5, 5.41) is 0. The lowest BCUT2D eigenvalue weighted by Crippen LogP contribution is -2.58. The second kappa shape index (κ2) is 7.47. The fourth-order valence-electron chi connectivity index (χ4n) is 9.87. The molecule has 0 amide bonds. The first-order chi connectivity index (χ1) is 14.2. The van der Waals surface area contributed by atoms with E-state index in [9.17, 15) is 0 Å². The van der Waals surface area contributed by atoms with Crippen LogP contribution in [0.15, 0.2) is 0 Å². The van der Waals surface area contributed by atoms with Crippen LogP contribution in [-0.4, -0.2) is 24.9 Å². The number of hydrogen-bond acceptors (Lipinski definition) is 2. The van der Waals surface area contributed by atoms with E-state index in [1.165, 1.54) is 64.2 Å². The van der Waals surface area contributed by atoms with E-state index in [2.05, 4.69) is 34.6 Å². The quantitative estimate of drug-likeness (QED) is 0.425. The number of epoxide rings is 1. The van der Waals surface area contributed by atoms with Crippen molar-refractivity contribution in [3.63, 3.8) is 0 Å². The fraction of sp³-hybridized carbons (Fsp3) is 1.00. The molecule has 5 rings (SSSR count). The van der Waals surface area contributed by atoms with Crippen LogP contribution in [0.2, 0.25) is 0 Å². The molecular weight excluding hydrogens is 368 g/mol. The molecule has 1 saturated heterocycles. The predicted octanol–water partition coefficient (Wildman–Crippen LogP) is 7.25. The van der Waals surface area contributed by atoms with Crippen molar-refractivity contribution in [1.82, 2.24) is 0 Å². The van der Waals surface area contributed by atoms with E-state index in [1.807, 2.05) is 7.11 Å². The number of ether oxygens (including phenoxy) is 2. The van der Waals surface area contributed by atoms with Gasteiger partial charge in [-0.15, -0.1) is 0 Å².